The molecule has 2 nitrogen and oxygen atoms in total. The quantitative estimate of drug-likeness (QED) is 0.871. The molecule has 0 bridgehead atoms. The minimum Gasteiger partial charge on any atom is -0.392 e. The summed E-state index contributed by atoms with van der Waals surface area (Å²) in [6.07, 6.45) is 0.419. The topological polar surface area (TPSA) is 23.5 Å². The van der Waals surface area contributed by atoms with Gasteiger partial charge in [-0.3, -0.25) is 0 Å². The van der Waals surface area contributed by atoms with Crippen LogP contribution < -0.4 is 0 Å². The van der Waals surface area contributed by atoms with Gasteiger partial charge in [0.1, 0.15) is 0 Å². The van der Waals surface area contributed by atoms with E-state index in [1.54, 1.807) is 0 Å². The number of hydrogen-bond acceptors (Lipinski definition) is 2. The van der Waals surface area contributed by atoms with E-state index >= 15 is 0 Å². The van der Waals surface area contributed by atoms with Crippen molar-refractivity contribution in [3.8, 4) is 0 Å². The van der Waals surface area contributed by atoms with Gasteiger partial charge >= 0.3 is 0 Å². The molecule has 0 aliphatic carbocycles. The van der Waals surface area contributed by atoms with Crippen LogP contribution in [-0.2, 0) is 0 Å². The minimum atomic E-state index is -0.324. The van der Waals surface area contributed by atoms with Crippen molar-refractivity contribution in [3.63, 3.8) is 0 Å². The van der Waals surface area contributed by atoms with Gasteiger partial charge in [0.15, 0.2) is 0 Å². The highest BCUT2D eigenvalue weighted by molar-refractivity contribution is 5.32. The standard InChI is InChI=1S/C18H23NO/c1-19(2)14-17(20)13-18(15-9-5-3-6-10-15)16-11-7-4-8-12-16/h3-12,17-18,20H,13-14H2,1-2H3. The monoisotopic (exact) mass is 269 g/mol. The van der Waals surface area contributed by atoms with Gasteiger partial charge in [0, 0.05) is 12.5 Å². The highest BCUT2D eigenvalue weighted by atomic mass is 16.3. The average molecular weight is 269 g/mol. The number of benzene rings is 2. The Hall–Kier alpha value is -1.64. The molecule has 106 valence electrons. The van der Waals surface area contributed by atoms with Gasteiger partial charge < -0.3 is 10.0 Å². The lowest BCUT2D eigenvalue weighted by molar-refractivity contribution is 0.124. The zero-order valence-corrected chi connectivity index (χ0v) is 12.2. The highest BCUT2D eigenvalue weighted by Gasteiger charge is 2.18. The molecule has 1 unspecified atom stereocenters. The number of rotatable bonds is 6. The van der Waals surface area contributed by atoms with E-state index in [0.717, 1.165) is 6.42 Å². The molecule has 20 heavy (non-hydrogen) atoms. The molecular weight excluding hydrogens is 246 g/mol. The van der Waals surface area contributed by atoms with Crippen LogP contribution in [0.25, 0.3) is 0 Å². The first-order valence-corrected chi connectivity index (χ1v) is 7.09. The van der Waals surface area contributed by atoms with E-state index in [0.29, 0.717) is 6.54 Å². The van der Waals surface area contributed by atoms with Crippen LogP contribution >= 0.6 is 0 Å². The van der Waals surface area contributed by atoms with E-state index in [1.165, 1.54) is 11.1 Å². The Morgan fingerprint density at radius 3 is 1.70 bits per heavy atom. The zero-order valence-electron chi connectivity index (χ0n) is 12.2. The number of aliphatic hydroxyl groups excluding tert-OH is 1. The molecule has 2 rings (SSSR count). The van der Waals surface area contributed by atoms with Crippen LogP contribution in [0.3, 0.4) is 0 Å². The average Bonchev–Trinajstić information content (AvgIpc) is 2.46. The van der Waals surface area contributed by atoms with Crippen molar-refractivity contribution in [1.82, 2.24) is 4.90 Å². The Morgan fingerprint density at radius 1 is 0.850 bits per heavy atom. The molecule has 0 fully saturated rings. The van der Waals surface area contributed by atoms with Gasteiger partial charge in [0.25, 0.3) is 0 Å². The summed E-state index contributed by atoms with van der Waals surface area (Å²) >= 11 is 0. The third-order valence-electron chi connectivity index (χ3n) is 3.49. The molecule has 0 radical (unpaired) electrons. The SMILES string of the molecule is CN(C)CC(O)CC(c1ccccc1)c1ccccc1. The Balaban J connectivity index is 2.21. The first-order valence-electron chi connectivity index (χ1n) is 7.09. The highest BCUT2D eigenvalue weighted by Crippen LogP contribution is 2.29. The van der Waals surface area contributed by atoms with Gasteiger partial charge in [-0.05, 0) is 31.6 Å². The largest absolute Gasteiger partial charge is 0.392 e. The summed E-state index contributed by atoms with van der Waals surface area (Å²) in [6, 6.07) is 20.9. The molecular formula is C18H23NO. The number of aliphatic hydroxyl groups is 1. The normalized spacial score (nSPS) is 12.8. The van der Waals surface area contributed by atoms with E-state index < -0.39 is 0 Å². The maximum atomic E-state index is 10.3. The van der Waals surface area contributed by atoms with Gasteiger partial charge in [-0.1, -0.05) is 60.7 Å². The molecule has 0 saturated heterocycles. The van der Waals surface area contributed by atoms with Gasteiger partial charge in [-0.15, -0.1) is 0 Å². The van der Waals surface area contributed by atoms with Gasteiger partial charge in [-0.2, -0.15) is 0 Å². The molecule has 0 aliphatic rings. The second kappa shape index (κ2) is 7.22. The van der Waals surface area contributed by atoms with Crippen molar-refractivity contribution in [2.24, 2.45) is 0 Å². The molecule has 0 heterocycles. The number of hydrogen-bond donors (Lipinski definition) is 1. The van der Waals surface area contributed by atoms with Crippen molar-refractivity contribution in [2.45, 2.75) is 18.4 Å². The second-order valence-corrected chi connectivity index (χ2v) is 5.53. The fraction of sp³-hybridized carbons (Fsp3) is 0.333. The first-order chi connectivity index (χ1) is 9.66. The van der Waals surface area contributed by atoms with E-state index in [2.05, 4.69) is 48.5 Å². The fourth-order valence-electron chi connectivity index (χ4n) is 2.60. The molecule has 0 spiro atoms. The fourth-order valence-corrected chi connectivity index (χ4v) is 2.60. The van der Waals surface area contributed by atoms with Crippen molar-refractivity contribution in [1.29, 1.82) is 0 Å². The van der Waals surface area contributed by atoms with Crippen LogP contribution in [0.1, 0.15) is 23.5 Å². The second-order valence-electron chi connectivity index (χ2n) is 5.53. The molecule has 0 amide bonds. The van der Waals surface area contributed by atoms with Crippen LogP contribution in [0.4, 0.5) is 0 Å². The number of likely N-dealkylation sites (N-methyl/N-ethyl adjacent to an activating group) is 1. The van der Waals surface area contributed by atoms with E-state index in [4.69, 9.17) is 0 Å². The summed E-state index contributed by atoms with van der Waals surface area (Å²) in [4.78, 5) is 2.03. The third-order valence-corrected chi connectivity index (χ3v) is 3.49. The predicted octanol–water partition coefficient (Wildman–Crippen LogP) is 3.13. The Labute approximate surface area is 121 Å². The summed E-state index contributed by atoms with van der Waals surface area (Å²) in [7, 11) is 3.98. The van der Waals surface area contributed by atoms with E-state index in [9.17, 15) is 5.11 Å². The first kappa shape index (κ1) is 14.8. The van der Waals surface area contributed by atoms with E-state index in [-0.39, 0.29) is 12.0 Å². The maximum absolute atomic E-state index is 10.3. The Morgan fingerprint density at radius 2 is 1.30 bits per heavy atom. The lowest BCUT2D eigenvalue weighted by atomic mass is 9.86. The van der Waals surface area contributed by atoms with Gasteiger partial charge in [-0.25, -0.2) is 0 Å². The molecule has 1 N–H and O–H groups in total. The Kier molecular flexibility index (Phi) is 5.33. The maximum Gasteiger partial charge on any atom is 0.0675 e. The van der Waals surface area contributed by atoms with Crippen LogP contribution in [0.2, 0.25) is 0 Å². The van der Waals surface area contributed by atoms with Crippen molar-refractivity contribution >= 4 is 0 Å². The van der Waals surface area contributed by atoms with Gasteiger partial charge in [0.2, 0.25) is 0 Å². The van der Waals surface area contributed by atoms with E-state index in [1.807, 2.05) is 31.1 Å². The van der Waals surface area contributed by atoms with Crippen LogP contribution in [0.15, 0.2) is 60.7 Å². The van der Waals surface area contributed by atoms with Crippen molar-refractivity contribution in [2.75, 3.05) is 20.6 Å². The van der Waals surface area contributed by atoms with Crippen molar-refractivity contribution < 1.29 is 5.11 Å². The van der Waals surface area contributed by atoms with Crippen LogP contribution in [-0.4, -0.2) is 36.8 Å². The summed E-state index contributed by atoms with van der Waals surface area (Å²) in [6.45, 7) is 0.691. The smallest absolute Gasteiger partial charge is 0.0675 e. The minimum absolute atomic E-state index is 0.243. The van der Waals surface area contributed by atoms with Crippen molar-refractivity contribution in [3.05, 3.63) is 71.8 Å². The van der Waals surface area contributed by atoms with Gasteiger partial charge in [0.05, 0.1) is 6.10 Å². The predicted molar refractivity (Wildman–Crippen MR) is 83.9 cm³/mol. The summed E-state index contributed by atoms with van der Waals surface area (Å²) < 4.78 is 0. The molecule has 0 saturated carbocycles. The zero-order chi connectivity index (χ0) is 14.4. The Bertz CT molecular complexity index is 456. The summed E-state index contributed by atoms with van der Waals surface area (Å²) in [5.41, 5.74) is 2.52. The van der Waals surface area contributed by atoms with Crippen LogP contribution in [0, 0.1) is 0 Å². The lowest BCUT2D eigenvalue weighted by Crippen LogP contribution is -2.27. The number of nitrogens with zero attached hydrogens (tertiary/aromatic N) is 1. The molecule has 2 aromatic rings. The molecule has 0 aromatic heterocycles. The van der Waals surface area contributed by atoms with Crippen LogP contribution in [0.5, 0.6) is 0 Å². The lowest BCUT2D eigenvalue weighted by Gasteiger charge is -2.23. The molecule has 2 aromatic carbocycles. The molecule has 0 aliphatic heterocycles. The molecule has 1 atom stereocenters. The third kappa shape index (κ3) is 4.19. The summed E-state index contributed by atoms with van der Waals surface area (Å²) in [5, 5.41) is 10.3. The molecule has 2 heteroatoms. The summed E-state index contributed by atoms with van der Waals surface area (Å²) in [5.74, 6) is 0.243.